The molecule has 3 heterocycles. The number of hydrogen-bond acceptors (Lipinski definition) is 4. The van der Waals surface area contributed by atoms with Crippen molar-refractivity contribution in [1.29, 1.82) is 0 Å². The Hall–Kier alpha value is -2.18. The van der Waals surface area contributed by atoms with Crippen molar-refractivity contribution in [3.05, 3.63) is 36.3 Å². The number of rotatable bonds is 5. The van der Waals surface area contributed by atoms with Crippen molar-refractivity contribution in [3.63, 3.8) is 0 Å². The molecule has 25 heavy (non-hydrogen) atoms. The number of aryl methyl sites for hydroxylation is 2. The summed E-state index contributed by atoms with van der Waals surface area (Å²) >= 11 is 0. The van der Waals surface area contributed by atoms with Gasteiger partial charge in [0.25, 0.3) is 0 Å². The molecule has 0 amide bonds. The first-order chi connectivity index (χ1) is 12.2. The van der Waals surface area contributed by atoms with Crippen LogP contribution >= 0.6 is 0 Å². The molecule has 1 aliphatic rings. The van der Waals surface area contributed by atoms with Crippen LogP contribution in [0.1, 0.15) is 38.1 Å². The fourth-order valence-corrected chi connectivity index (χ4v) is 3.61. The molecule has 4 rings (SSSR count). The van der Waals surface area contributed by atoms with Gasteiger partial charge in [0, 0.05) is 42.8 Å². The Labute approximate surface area is 147 Å². The van der Waals surface area contributed by atoms with Gasteiger partial charge in [0.05, 0.1) is 12.1 Å². The van der Waals surface area contributed by atoms with Gasteiger partial charge < -0.3 is 15.0 Å². The maximum Gasteiger partial charge on any atom is 0.182 e. The largest absolute Gasteiger partial charge is 0.392 e. The molecule has 3 aromatic rings. The van der Waals surface area contributed by atoms with Gasteiger partial charge in [-0.3, -0.25) is 0 Å². The number of fused-ring (bicyclic) bond motifs is 1. The number of unbranched alkanes of at least 4 members (excludes halogenated alkanes) is 1. The Morgan fingerprint density at radius 2 is 2.20 bits per heavy atom. The average Bonchev–Trinajstić information content (AvgIpc) is 3.32. The summed E-state index contributed by atoms with van der Waals surface area (Å²) in [6, 6.07) is 8.45. The van der Waals surface area contributed by atoms with Gasteiger partial charge in [0.2, 0.25) is 0 Å². The first kappa shape index (κ1) is 16.3. The zero-order valence-electron chi connectivity index (χ0n) is 14.8. The average molecular weight is 339 g/mol. The maximum atomic E-state index is 9.87. The van der Waals surface area contributed by atoms with Gasteiger partial charge in [-0.2, -0.15) is 5.10 Å². The third-order valence-corrected chi connectivity index (χ3v) is 5.01. The zero-order valence-corrected chi connectivity index (χ0v) is 14.8. The third-order valence-electron chi connectivity index (χ3n) is 5.01. The fraction of sp³-hybridized carbons (Fsp3) is 0.474. The lowest BCUT2D eigenvalue weighted by Crippen LogP contribution is -2.19. The Morgan fingerprint density at radius 3 is 2.96 bits per heavy atom. The van der Waals surface area contributed by atoms with Crippen molar-refractivity contribution in [2.75, 3.05) is 6.54 Å². The molecule has 1 fully saturated rings. The van der Waals surface area contributed by atoms with Crippen LogP contribution in [0.25, 0.3) is 22.3 Å². The highest BCUT2D eigenvalue weighted by molar-refractivity contribution is 5.93. The van der Waals surface area contributed by atoms with Gasteiger partial charge >= 0.3 is 0 Å². The molecular formula is C19H25N5O. The number of hydrogen-bond donors (Lipinski definition) is 2. The number of β-amino-alcohol motifs (C(OH)–C–C–N with tert-alkyl or cyclic N) is 1. The minimum Gasteiger partial charge on any atom is -0.392 e. The Kier molecular flexibility index (Phi) is 4.31. The van der Waals surface area contributed by atoms with Gasteiger partial charge in [-0.05, 0) is 25.0 Å². The van der Waals surface area contributed by atoms with E-state index in [0.717, 1.165) is 36.6 Å². The quantitative estimate of drug-likeness (QED) is 0.750. The van der Waals surface area contributed by atoms with Crippen molar-refractivity contribution in [1.82, 2.24) is 24.6 Å². The highest BCUT2D eigenvalue weighted by atomic mass is 16.3. The van der Waals surface area contributed by atoms with Crippen LogP contribution in [0.3, 0.4) is 0 Å². The molecular weight excluding hydrogens is 314 g/mol. The first-order valence-corrected chi connectivity index (χ1v) is 9.08. The number of aromatic nitrogens is 4. The number of benzene rings is 1. The van der Waals surface area contributed by atoms with Crippen molar-refractivity contribution in [2.24, 2.45) is 7.05 Å². The second kappa shape index (κ2) is 6.61. The summed E-state index contributed by atoms with van der Waals surface area (Å²) in [6.45, 7) is 3.66. The molecule has 2 aromatic heterocycles. The third kappa shape index (κ3) is 2.96. The lowest BCUT2D eigenvalue weighted by Gasteiger charge is -2.10. The maximum absolute atomic E-state index is 9.87. The number of nitrogens with one attached hydrogen (secondary N) is 1. The minimum atomic E-state index is -0.303. The molecule has 1 saturated heterocycles. The Balaban J connectivity index is 1.77. The van der Waals surface area contributed by atoms with Crippen LogP contribution in [0.15, 0.2) is 30.5 Å². The van der Waals surface area contributed by atoms with E-state index in [-0.39, 0.29) is 12.1 Å². The number of aliphatic hydroxyl groups excluding tert-OH is 1. The van der Waals surface area contributed by atoms with Gasteiger partial charge in [-0.15, -0.1) is 0 Å². The molecule has 132 valence electrons. The summed E-state index contributed by atoms with van der Waals surface area (Å²) in [5.74, 6) is 1.71. The van der Waals surface area contributed by atoms with Gasteiger partial charge in [-0.25, -0.2) is 9.67 Å². The standard InChI is InChI=1S/C19H25N5O/c1-3-4-9-24-19(16-11-13(25)12-20-16)21-18(22-24)15-6-5-7-17-14(15)8-10-23(17)2/h5-8,10,13,16,20,25H,3-4,9,11-12H2,1-2H3/t13-,16+/m1/s1. The zero-order chi connectivity index (χ0) is 17.4. The van der Waals surface area contributed by atoms with Crippen LogP contribution in [0.4, 0.5) is 0 Å². The van der Waals surface area contributed by atoms with E-state index < -0.39 is 0 Å². The molecule has 0 radical (unpaired) electrons. The molecule has 2 atom stereocenters. The summed E-state index contributed by atoms with van der Waals surface area (Å²) in [4.78, 5) is 4.88. The highest BCUT2D eigenvalue weighted by Gasteiger charge is 2.28. The van der Waals surface area contributed by atoms with Crippen LogP contribution in [-0.4, -0.2) is 37.1 Å². The number of aliphatic hydroxyl groups is 1. The van der Waals surface area contributed by atoms with E-state index in [1.165, 1.54) is 10.9 Å². The van der Waals surface area contributed by atoms with E-state index in [1.54, 1.807) is 0 Å². The molecule has 0 unspecified atom stereocenters. The van der Waals surface area contributed by atoms with Crippen LogP contribution < -0.4 is 5.32 Å². The normalized spacial score (nSPS) is 20.6. The van der Waals surface area contributed by atoms with Crippen LogP contribution in [0.5, 0.6) is 0 Å². The Morgan fingerprint density at radius 1 is 1.32 bits per heavy atom. The van der Waals surface area contributed by atoms with Gasteiger partial charge in [0.15, 0.2) is 5.82 Å². The molecule has 0 bridgehead atoms. The van der Waals surface area contributed by atoms with Crippen LogP contribution in [-0.2, 0) is 13.6 Å². The Bertz CT molecular complexity index is 881. The summed E-state index contributed by atoms with van der Waals surface area (Å²) in [5, 5.41) is 19.2. The predicted octanol–water partition coefficient (Wildman–Crippen LogP) is 2.63. The molecule has 2 N–H and O–H groups in total. The summed E-state index contributed by atoms with van der Waals surface area (Å²) in [5.41, 5.74) is 2.24. The second-order valence-corrected chi connectivity index (χ2v) is 6.89. The molecule has 6 heteroatoms. The van der Waals surface area contributed by atoms with E-state index in [4.69, 9.17) is 10.1 Å². The summed E-state index contributed by atoms with van der Waals surface area (Å²) < 4.78 is 4.14. The van der Waals surface area contributed by atoms with Crippen molar-refractivity contribution in [3.8, 4) is 11.4 Å². The lowest BCUT2D eigenvalue weighted by molar-refractivity contribution is 0.192. The van der Waals surface area contributed by atoms with Crippen LogP contribution in [0, 0.1) is 0 Å². The van der Waals surface area contributed by atoms with Crippen molar-refractivity contribution >= 4 is 10.9 Å². The molecule has 0 spiro atoms. The molecule has 1 aliphatic heterocycles. The summed E-state index contributed by atoms with van der Waals surface area (Å²) in [6.07, 6.45) is 4.64. The van der Waals surface area contributed by atoms with E-state index in [1.807, 2.05) is 4.68 Å². The molecule has 1 aromatic carbocycles. The summed E-state index contributed by atoms with van der Waals surface area (Å²) in [7, 11) is 2.05. The molecule has 0 saturated carbocycles. The fourth-order valence-electron chi connectivity index (χ4n) is 3.61. The van der Waals surface area contributed by atoms with E-state index in [2.05, 4.69) is 54.3 Å². The highest BCUT2D eigenvalue weighted by Crippen LogP contribution is 2.30. The van der Waals surface area contributed by atoms with Crippen LogP contribution in [0.2, 0.25) is 0 Å². The monoisotopic (exact) mass is 339 g/mol. The van der Waals surface area contributed by atoms with Crippen molar-refractivity contribution in [2.45, 2.75) is 44.9 Å². The SMILES string of the molecule is CCCCn1nc(-c2cccc3c2ccn3C)nc1[C@@H]1C[C@@H](O)CN1. The first-order valence-electron chi connectivity index (χ1n) is 9.08. The van der Waals surface area contributed by atoms with E-state index >= 15 is 0 Å². The second-order valence-electron chi connectivity index (χ2n) is 6.89. The lowest BCUT2D eigenvalue weighted by atomic mass is 10.1. The number of nitrogens with zero attached hydrogens (tertiary/aromatic N) is 4. The van der Waals surface area contributed by atoms with Crippen molar-refractivity contribution < 1.29 is 5.11 Å². The van der Waals surface area contributed by atoms with Gasteiger partial charge in [-0.1, -0.05) is 25.5 Å². The smallest absolute Gasteiger partial charge is 0.182 e. The minimum absolute atomic E-state index is 0.0723. The van der Waals surface area contributed by atoms with E-state index in [0.29, 0.717) is 13.0 Å². The molecule has 0 aliphatic carbocycles. The topological polar surface area (TPSA) is 67.9 Å². The van der Waals surface area contributed by atoms with Gasteiger partial charge in [0.1, 0.15) is 5.82 Å². The predicted molar refractivity (Wildman–Crippen MR) is 98.2 cm³/mol. The molecule has 6 nitrogen and oxygen atoms in total. The van der Waals surface area contributed by atoms with E-state index in [9.17, 15) is 5.11 Å².